The van der Waals surface area contributed by atoms with Crippen LogP contribution in [0.2, 0.25) is 0 Å². The summed E-state index contributed by atoms with van der Waals surface area (Å²) in [5.41, 5.74) is 4.72. The summed E-state index contributed by atoms with van der Waals surface area (Å²) in [6, 6.07) is 6.49. The Balaban J connectivity index is 2.24. The number of piperazine rings is 1. The van der Waals surface area contributed by atoms with Crippen molar-refractivity contribution >= 4 is 32.5 Å². The quantitative estimate of drug-likeness (QED) is 0.875. The van der Waals surface area contributed by atoms with Gasteiger partial charge in [-0.3, -0.25) is 4.98 Å². The Hall–Kier alpha value is -1.13. The second-order valence-corrected chi connectivity index (χ2v) is 5.91. The average Bonchev–Trinajstić information content (AvgIpc) is 2.42. The van der Waals surface area contributed by atoms with Gasteiger partial charge in [0.05, 0.1) is 21.4 Å². The lowest BCUT2D eigenvalue weighted by atomic mass is 10.1. The van der Waals surface area contributed by atoms with Gasteiger partial charge in [0.1, 0.15) is 0 Å². The van der Waals surface area contributed by atoms with Gasteiger partial charge in [0.25, 0.3) is 0 Å². The maximum Gasteiger partial charge on any atom is 0.0727 e. The van der Waals surface area contributed by atoms with Crippen molar-refractivity contribution in [1.82, 2.24) is 10.3 Å². The number of hydrogen-bond donors (Lipinski definition) is 1. The van der Waals surface area contributed by atoms with Crippen LogP contribution in [0, 0.1) is 13.8 Å². The van der Waals surface area contributed by atoms with Gasteiger partial charge in [-0.2, -0.15) is 0 Å². The van der Waals surface area contributed by atoms with E-state index in [1.54, 1.807) is 0 Å². The first-order valence-corrected chi connectivity index (χ1v) is 7.48. The Morgan fingerprint density at radius 3 is 2.68 bits per heavy atom. The fourth-order valence-corrected chi connectivity index (χ4v) is 3.21. The molecule has 0 bridgehead atoms. The monoisotopic (exact) mass is 319 g/mol. The molecule has 1 aromatic heterocycles. The van der Waals surface area contributed by atoms with Gasteiger partial charge in [-0.1, -0.05) is 11.6 Å². The molecule has 1 aromatic carbocycles. The molecule has 0 atom stereocenters. The molecule has 0 radical (unpaired) electrons. The smallest absolute Gasteiger partial charge is 0.0727 e. The second kappa shape index (κ2) is 5.10. The summed E-state index contributed by atoms with van der Waals surface area (Å²) in [7, 11) is 0. The van der Waals surface area contributed by atoms with Gasteiger partial charge >= 0.3 is 0 Å². The van der Waals surface area contributed by atoms with Crippen molar-refractivity contribution in [3.8, 4) is 0 Å². The van der Waals surface area contributed by atoms with Crippen molar-refractivity contribution in [3.63, 3.8) is 0 Å². The van der Waals surface area contributed by atoms with E-state index >= 15 is 0 Å². The number of aryl methyl sites for hydroxylation is 2. The highest BCUT2D eigenvalue weighted by molar-refractivity contribution is 9.10. The summed E-state index contributed by atoms with van der Waals surface area (Å²) < 4.78 is 1.13. The van der Waals surface area contributed by atoms with Crippen LogP contribution in [0.15, 0.2) is 22.7 Å². The third kappa shape index (κ3) is 2.35. The number of hydrogen-bond acceptors (Lipinski definition) is 3. The molecule has 1 saturated heterocycles. The minimum Gasteiger partial charge on any atom is -0.367 e. The molecule has 0 unspecified atom stereocenters. The molecule has 0 aliphatic carbocycles. The van der Waals surface area contributed by atoms with Crippen LogP contribution in [-0.2, 0) is 0 Å². The van der Waals surface area contributed by atoms with Crippen molar-refractivity contribution < 1.29 is 0 Å². The van der Waals surface area contributed by atoms with Crippen molar-refractivity contribution in [3.05, 3.63) is 33.9 Å². The fraction of sp³-hybridized carbons (Fsp3) is 0.400. The van der Waals surface area contributed by atoms with Gasteiger partial charge in [-0.15, -0.1) is 0 Å². The molecule has 1 fully saturated rings. The number of nitrogens with one attached hydrogen (secondary N) is 1. The molecular weight excluding hydrogens is 302 g/mol. The molecule has 3 nitrogen and oxygen atoms in total. The average molecular weight is 320 g/mol. The fourth-order valence-electron chi connectivity index (χ4n) is 2.65. The highest BCUT2D eigenvalue weighted by Crippen LogP contribution is 2.36. The van der Waals surface area contributed by atoms with Crippen LogP contribution < -0.4 is 10.2 Å². The number of aromatic nitrogens is 1. The molecule has 2 heterocycles. The standard InChI is InChI=1S/C15H18BrN3/c1-10-3-4-13-12(9-10)15(14(16)11(2)18-13)19-7-5-17-6-8-19/h3-4,9,17H,5-8H2,1-2H3. The van der Waals surface area contributed by atoms with Crippen molar-refractivity contribution in [2.45, 2.75) is 13.8 Å². The Bertz CT molecular complexity index is 618. The van der Waals surface area contributed by atoms with Gasteiger partial charge in [-0.05, 0) is 41.9 Å². The Labute approximate surface area is 122 Å². The van der Waals surface area contributed by atoms with Crippen LogP contribution >= 0.6 is 15.9 Å². The highest BCUT2D eigenvalue weighted by atomic mass is 79.9. The van der Waals surface area contributed by atoms with Crippen LogP contribution in [0.4, 0.5) is 5.69 Å². The Kier molecular flexibility index (Phi) is 3.46. The molecule has 0 saturated carbocycles. The third-order valence-electron chi connectivity index (χ3n) is 3.65. The second-order valence-electron chi connectivity index (χ2n) is 5.12. The summed E-state index contributed by atoms with van der Waals surface area (Å²) >= 11 is 3.74. The Morgan fingerprint density at radius 1 is 1.21 bits per heavy atom. The van der Waals surface area contributed by atoms with Crippen LogP contribution in [0.3, 0.4) is 0 Å². The summed E-state index contributed by atoms with van der Waals surface area (Å²) in [5, 5.41) is 4.65. The van der Waals surface area contributed by atoms with E-state index in [0.29, 0.717) is 0 Å². The molecule has 100 valence electrons. The van der Waals surface area contributed by atoms with E-state index in [2.05, 4.69) is 63.2 Å². The molecule has 1 N–H and O–H groups in total. The molecule has 2 aromatic rings. The van der Waals surface area contributed by atoms with Crippen LogP contribution in [0.25, 0.3) is 10.9 Å². The number of fused-ring (bicyclic) bond motifs is 1. The van der Waals surface area contributed by atoms with Gasteiger partial charge < -0.3 is 10.2 Å². The van der Waals surface area contributed by atoms with Crippen molar-refractivity contribution in [2.75, 3.05) is 31.1 Å². The van der Waals surface area contributed by atoms with E-state index in [9.17, 15) is 0 Å². The van der Waals surface area contributed by atoms with E-state index in [-0.39, 0.29) is 0 Å². The van der Waals surface area contributed by atoms with Gasteiger partial charge in [0.15, 0.2) is 0 Å². The lowest BCUT2D eigenvalue weighted by Crippen LogP contribution is -2.43. The minimum atomic E-state index is 1.04. The van der Waals surface area contributed by atoms with Gasteiger partial charge in [0, 0.05) is 31.6 Å². The summed E-state index contributed by atoms with van der Waals surface area (Å²) in [6.07, 6.45) is 0. The largest absolute Gasteiger partial charge is 0.367 e. The molecule has 1 aliphatic heterocycles. The van der Waals surface area contributed by atoms with Crippen molar-refractivity contribution in [2.24, 2.45) is 0 Å². The maximum absolute atomic E-state index is 4.68. The molecule has 4 heteroatoms. The van der Waals surface area contributed by atoms with E-state index in [4.69, 9.17) is 0 Å². The summed E-state index contributed by atoms with van der Waals surface area (Å²) in [4.78, 5) is 7.14. The zero-order chi connectivity index (χ0) is 13.4. The number of anilines is 1. The highest BCUT2D eigenvalue weighted by Gasteiger charge is 2.18. The van der Waals surface area contributed by atoms with Crippen LogP contribution in [-0.4, -0.2) is 31.2 Å². The number of pyridine rings is 1. The number of benzene rings is 1. The Morgan fingerprint density at radius 2 is 1.95 bits per heavy atom. The first kappa shape index (κ1) is 12.9. The zero-order valence-corrected chi connectivity index (χ0v) is 12.9. The lowest BCUT2D eigenvalue weighted by molar-refractivity contribution is 0.589. The molecule has 1 aliphatic rings. The van der Waals surface area contributed by atoms with E-state index < -0.39 is 0 Å². The van der Waals surface area contributed by atoms with E-state index in [1.165, 1.54) is 16.6 Å². The van der Waals surface area contributed by atoms with Gasteiger partial charge in [0.2, 0.25) is 0 Å². The number of halogens is 1. The van der Waals surface area contributed by atoms with E-state index in [1.807, 2.05) is 0 Å². The SMILES string of the molecule is Cc1ccc2nc(C)c(Br)c(N3CCNCC3)c2c1. The number of nitrogens with zero attached hydrogens (tertiary/aromatic N) is 2. The first-order valence-electron chi connectivity index (χ1n) is 6.69. The minimum absolute atomic E-state index is 1.04. The molecule has 19 heavy (non-hydrogen) atoms. The molecule has 0 amide bonds. The summed E-state index contributed by atoms with van der Waals surface area (Å²) in [5.74, 6) is 0. The lowest BCUT2D eigenvalue weighted by Gasteiger charge is -2.31. The predicted molar refractivity (Wildman–Crippen MR) is 84.0 cm³/mol. The first-order chi connectivity index (χ1) is 9.16. The van der Waals surface area contributed by atoms with E-state index in [0.717, 1.165) is 41.9 Å². The predicted octanol–water partition coefficient (Wildman–Crippen LogP) is 3.02. The van der Waals surface area contributed by atoms with Gasteiger partial charge in [-0.25, -0.2) is 0 Å². The summed E-state index contributed by atoms with van der Waals surface area (Å²) in [6.45, 7) is 8.38. The van der Waals surface area contributed by atoms with Crippen LogP contribution in [0.5, 0.6) is 0 Å². The van der Waals surface area contributed by atoms with Crippen molar-refractivity contribution in [1.29, 1.82) is 0 Å². The maximum atomic E-state index is 4.68. The normalized spacial score (nSPS) is 16.1. The molecule has 0 spiro atoms. The molecular formula is C15H18BrN3. The topological polar surface area (TPSA) is 28.2 Å². The third-order valence-corrected chi connectivity index (χ3v) is 4.60. The molecule has 3 rings (SSSR count). The van der Waals surface area contributed by atoms with Crippen LogP contribution in [0.1, 0.15) is 11.3 Å². The number of rotatable bonds is 1. The zero-order valence-electron chi connectivity index (χ0n) is 11.3.